The molecule has 0 unspecified atom stereocenters. The number of hydrogen-bond donors (Lipinski definition) is 2. The molecule has 0 heterocycles. The lowest BCUT2D eigenvalue weighted by molar-refractivity contribution is -0.116. The first-order valence-corrected chi connectivity index (χ1v) is 8.91. The van der Waals surface area contributed by atoms with Crippen LogP contribution in [0.3, 0.4) is 0 Å². The summed E-state index contributed by atoms with van der Waals surface area (Å²) in [4.78, 5) is 61.5. The summed E-state index contributed by atoms with van der Waals surface area (Å²) in [6.07, 6.45) is -1.05. The van der Waals surface area contributed by atoms with E-state index >= 15 is 0 Å². The van der Waals surface area contributed by atoms with Crippen molar-refractivity contribution in [2.24, 2.45) is 0 Å². The topological polar surface area (TPSA) is 119 Å². The second-order valence-corrected chi connectivity index (χ2v) is 6.80. The van der Waals surface area contributed by atoms with Crippen LogP contribution in [0.1, 0.15) is 20.7 Å². The molecular formula is C18H9Cl3N2O6. The molecule has 8 nitrogen and oxygen atoms in total. The van der Waals surface area contributed by atoms with Gasteiger partial charge in [-0.1, -0.05) is 59.1 Å². The SMILES string of the molecule is COC(=O)NC1=C(Cl)C(=O)C(NC2=C(Cl)C(=O)c3ccccc3C2=O)=C(Cl)C1=O. The van der Waals surface area contributed by atoms with Gasteiger partial charge >= 0.3 is 6.09 Å². The highest BCUT2D eigenvalue weighted by molar-refractivity contribution is 6.56. The van der Waals surface area contributed by atoms with E-state index in [1.807, 2.05) is 5.32 Å². The second-order valence-electron chi connectivity index (χ2n) is 5.67. The normalized spacial score (nSPS) is 17.0. The molecule has 2 aliphatic rings. The van der Waals surface area contributed by atoms with Crippen molar-refractivity contribution in [2.45, 2.75) is 0 Å². The van der Waals surface area contributed by atoms with E-state index in [0.29, 0.717) is 0 Å². The molecule has 0 bridgehead atoms. The number of nitrogens with one attached hydrogen (secondary N) is 2. The minimum atomic E-state index is -1.05. The zero-order chi connectivity index (χ0) is 21.5. The Morgan fingerprint density at radius 3 is 1.79 bits per heavy atom. The number of allylic oxidation sites excluding steroid dienone is 4. The molecule has 1 aromatic rings. The Labute approximate surface area is 178 Å². The number of halogens is 3. The molecule has 148 valence electrons. The van der Waals surface area contributed by atoms with Crippen molar-refractivity contribution in [1.82, 2.24) is 10.6 Å². The number of rotatable bonds is 3. The van der Waals surface area contributed by atoms with Crippen LogP contribution < -0.4 is 10.6 Å². The summed E-state index contributed by atoms with van der Waals surface area (Å²) in [5.74, 6) is -3.33. The molecule has 0 fully saturated rings. The molecule has 1 aromatic carbocycles. The minimum Gasteiger partial charge on any atom is -0.453 e. The first-order chi connectivity index (χ1) is 13.7. The summed E-state index contributed by atoms with van der Waals surface area (Å²) in [5, 5.41) is 2.56. The highest BCUT2D eigenvalue weighted by atomic mass is 35.5. The van der Waals surface area contributed by atoms with Gasteiger partial charge in [-0.05, 0) is 0 Å². The predicted molar refractivity (Wildman–Crippen MR) is 102 cm³/mol. The zero-order valence-electron chi connectivity index (χ0n) is 14.4. The number of amides is 1. The molecule has 29 heavy (non-hydrogen) atoms. The maximum absolute atomic E-state index is 12.7. The number of ether oxygens (including phenoxy) is 1. The van der Waals surface area contributed by atoms with Gasteiger partial charge in [0.05, 0.1) is 7.11 Å². The lowest BCUT2D eigenvalue weighted by Gasteiger charge is -2.23. The number of ketones is 4. The lowest BCUT2D eigenvalue weighted by Crippen LogP contribution is -2.37. The molecule has 2 aliphatic carbocycles. The number of fused-ring (bicyclic) bond motifs is 1. The molecule has 11 heteroatoms. The number of hydrogen-bond acceptors (Lipinski definition) is 7. The Morgan fingerprint density at radius 2 is 1.21 bits per heavy atom. The Balaban J connectivity index is 2.01. The van der Waals surface area contributed by atoms with E-state index in [4.69, 9.17) is 34.8 Å². The van der Waals surface area contributed by atoms with Gasteiger partial charge in [0, 0.05) is 11.1 Å². The number of carbonyl (C=O) groups excluding carboxylic acids is 5. The van der Waals surface area contributed by atoms with E-state index < -0.39 is 61.4 Å². The molecule has 3 rings (SSSR count). The number of alkyl carbamates (subject to hydrolysis) is 1. The van der Waals surface area contributed by atoms with Crippen molar-refractivity contribution >= 4 is 64.0 Å². The van der Waals surface area contributed by atoms with Gasteiger partial charge in [-0.2, -0.15) is 0 Å². The molecule has 0 spiro atoms. The molecule has 0 atom stereocenters. The highest BCUT2D eigenvalue weighted by Crippen LogP contribution is 2.31. The van der Waals surface area contributed by atoms with Crippen LogP contribution in [0.2, 0.25) is 0 Å². The zero-order valence-corrected chi connectivity index (χ0v) is 16.7. The van der Waals surface area contributed by atoms with E-state index in [9.17, 15) is 24.0 Å². The standard InChI is InChI=1S/C18H9Cl3N2O6/c1-29-18(28)23-13-10(21)16(26)12(9(20)17(13)27)22-11-8(19)14(24)6-4-2-3-5-7(6)15(11)25/h2-5,22H,1H3,(H,23,28). The second kappa shape index (κ2) is 7.82. The smallest absolute Gasteiger partial charge is 0.411 e. The number of benzene rings is 1. The summed E-state index contributed by atoms with van der Waals surface area (Å²) in [6.45, 7) is 0. The van der Waals surface area contributed by atoms with E-state index in [1.54, 1.807) is 12.1 Å². The Morgan fingerprint density at radius 1 is 0.759 bits per heavy atom. The van der Waals surface area contributed by atoms with Crippen LogP contribution >= 0.6 is 34.8 Å². The summed E-state index contributed by atoms with van der Waals surface area (Å²) >= 11 is 17.9. The number of methoxy groups -OCH3 is 1. The first kappa shape index (κ1) is 20.8. The van der Waals surface area contributed by atoms with Crippen LogP contribution in [0.15, 0.2) is 56.5 Å². The van der Waals surface area contributed by atoms with E-state index in [1.165, 1.54) is 12.1 Å². The van der Waals surface area contributed by atoms with Gasteiger partial charge < -0.3 is 10.1 Å². The number of carbonyl (C=O) groups is 5. The fourth-order valence-electron chi connectivity index (χ4n) is 2.60. The van der Waals surface area contributed by atoms with E-state index in [0.717, 1.165) is 7.11 Å². The molecule has 0 aliphatic heterocycles. The fourth-order valence-corrected chi connectivity index (χ4v) is 3.29. The van der Waals surface area contributed by atoms with Gasteiger partial charge in [0.25, 0.3) is 0 Å². The Kier molecular flexibility index (Phi) is 5.61. The summed E-state index contributed by atoms with van der Waals surface area (Å²) < 4.78 is 4.35. The van der Waals surface area contributed by atoms with Crippen LogP contribution in [0.25, 0.3) is 0 Å². The molecule has 0 radical (unpaired) electrons. The average molecular weight is 456 g/mol. The van der Waals surface area contributed by atoms with Crippen LogP contribution in [0.4, 0.5) is 4.79 Å². The summed E-state index contributed by atoms with van der Waals surface area (Å²) in [5.41, 5.74) is -1.42. The van der Waals surface area contributed by atoms with Crippen LogP contribution in [-0.4, -0.2) is 36.3 Å². The van der Waals surface area contributed by atoms with Gasteiger partial charge in [0.15, 0.2) is 0 Å². The molecular weight excluding hydrogens is 447 g/mol. The van der Waals surface area contributed by atoms with Crippen molar-refractivity contribution in [3.63, 3.8) is 0 Å². The molecule has 0 saturated heterocycles. The van der Waals surface area contributed by atoms with Crippen molar-refractivity contribution in [3.8, 4) is 0 Å². The van der Waals surface area contributed by atoms with Gasteiger partial charge in [-0.15, -0.1) is 0 Å². The maximum Gasteiger partial charge on any atom is 0.411 e. The monoisotopic (exact) mass is 454 g/mol. The van der Waals surface area contributed by atoms with E-state index in [2.05, 4.69) is 10.1 Å². The summed E-state index contributed by atoms with van der Waals surface area (Å²) in [6, 6.07) is 5.96. The number of Topliss-reactive ketones (excluding diaryl/α,β-unsaturated/α-hetero) is 4. The summed E-state index contributed by atoms with van der Waals surface area (Å²) in [7, 11) is 1.04. The first-order valence-electron chi connectivity index (χ1n) is 7.78. The van der Waals surface area contributed by atoms with Crippen LogP contribution in [0.5, 0.6) is 0 Å². The maximum atomic E-state index is 12.7. The van der Waals surface area contributed by atoms with Gasteiger partial charge in [-0.25, -0.2) is 4.79 Å². The Hall–Kier alpha value is -2.94. The van der Waals surface area contributed by atoms with E-state index in [-0.39, 0.29) is 11.1 Å². The van der Waals surface area contributed by atoms with Gasteiger partial charge in [-0.3, -0.25) is 24.5 Å². The third kappa shape index (κ3) is 3.46. The average Bonchev–Trinajstić information content (AvgIpc) is 2.73. The fraction of sp³-hybridized carbons (Fsp3) is 0.0556. The molecule has 1 amide bonds. The quantitative estimate of drug-likeness (QED) is 0.672. The molecule has 0 saturated carbocycles. The minimum absolute atomic E-state index is 0.0605. The van der Waals surface area contributed by atoms with Crippen molar-refractivity contribution < 1.29 is 28.7 Å². The third-order valence-electron chi connectivity index (χ3n) is 4.02. The van der Waals surface area contributed by atoms with Crippen LogP contribution in [0, 0.1) is 0 Å². The Bertz CT molecular complexity index is 1120. The molecule has 0 aromatic heterocycles. The van der Waals surface area contributed by atoms with Crippen LogP contribution in [-0.2, 0) is 14.3 Å². The predicted octanol–water partition coefficient (Wildman–Crippen LogP) is 2.51. The van der Waals surface area contributed by atoms with Gasteiger partial charge in [0.2, 0.25) is 23.1 Å². The van der Waals surface area contributed by atoms with Gasteiger partial charge in [0.1, 0.15) is 32.2 Å². The van der Waals surface area contributed by atoms with Crippen molar-refractivity contribution in [2.75, 3.05) is 7.11 Å². The molecule has 2 N–H and O–H groups in total. The lowest BCUT2D eigenvalue weighted by atomic mass is 9.92. The third-order valence-corrected chi connectivity index (χ3v) is 5.10. The largest absolute Gasteiger partial charge is 0.453 e. The highest BCUT2D eigenvalue weighted by Gasteiger charge is 2.38. The van der Waals surface area contributed by atoms with Crippen molar-refractivity contribution in [3.05, 3.63) is 67.6 Å². The van der Waals surface area contributed by atoms with Crippen molar-refractivity contribution in [1.29, 1.82) is 0 Å².